The third-order valence-electron chi connectivity index (χ3n) is 3.67. The van der Waals surface area contributed by atoms with Gasteiger partial charge >= 0.3 is 0 Å². The maximum atomic E-state index is 14.0. The molecule has 0 amide bonds. The minimum atomic E-state index is -0.496. The minimum absolute atomic E-state index is 0.241. The Morgan fingerprint density at radius 1 is 1.23 bits per heavy atom. The summed E-state index contributed by atoms with van der Waals surface area (Å²) in [7, 11) is 1.53. The van der Waals surface area contributed by atoms with Crippen molar-refractivity contribution in [2.75, 3.05) is 18.2 Å². The molecule has 0 saturated carbocycles. The minimum Gasteiger partial charge on any atom is -0.481 e. The van der Waals surface area contributed by atoms with Crippen molar-refractivity contribution in [2.45, 2.75) is 0 Å². The molecule has 0 bridgehead atoms. The van der Waals surface area contributed by atoms with E-state index in [1.54, 1.807) is 35.0 Å². The first kappa shape index (κ1) is 15.8. The molecular weight excluding hydrogens is 337 g/mol. The van der Waals surface area contributed by atoms with Crippen molar-refractivity contribution in [3.8, 4) is 17.4 Å². The quantitative estimate of drug-likeness (QED) is 0.582. The lowest BCUT2D eigenvalue weighted by molar-refractivity contribution is 0.398. The van der Waals surface area contributed by atoms with Crippen molar-refractivity contribution in [1.82, 2.24) is 24.6 Å². The van der Waals surface area contributed by atoms with Gasteiger partial charge in [-0.1, -0.05) is 6.07 Å². The number of fused-ring (bicyclic) bond motifs is 1. The fraction of sp³-hybridized carbons (Fsp3) is 0.0588. The van der Waals surface area contributed by atoms with Crippen molar-refractivity contribution in [3.63, 3.8) is 0 Å². The van der Waals surface area contributed by atoms with Gasteiger partial charge in [-0.05, 0) is 18.2 Å². The number of methoxy groups -OCH3 is 1. The third kappa shape index (κ3) is 2.86. The van der Waals surface area contributed by atoms with Crippen molar-refractivity contribution < 1.29 is 9.13 Å². The Labute approximate surface area is 147 Å². The van der Waals surface area contributed by atoms with Gasteiger partial charge < -0.3 is 15.8 Å². The first-order valence-corrected chi connectivity index (χ1v) is 7.68. The van der Waals surface area contributed by atoms with Crippen LogP contribution in [0.25, 0.3) is 17.0 Å². The smallest absolute Gasteiger partial charge is 0.213 e. The topological polar surface area (TPSA) is 103 Å². The molecule has 0 aliphatic heterocycles. The molecule has 0 saturated heterocycles. The molecule has 26 heavy (non-hydrogen) atoms. The Hall–Kier alpha value is -3.75. The number of nitrogens with one attached hydrogen (secondary N) is 1. The summed E-state index contributed by atoms with van der Waals surface area (Å²) in [5, 5.41) is 7.39. The molecule has 0 radical (unpaired) electrons. The summed E-state index contributed by atoms with van der Waals surface area (Å²) in [5.74, 6) is 0.670. The molecule has 0 spiro atoms. The predicted octanol–water partition coefficient (Wildman–Crippen LogP) is 2.66. The number of ether oxygens (including phenoxy) is 1. The SMILES string of the molecule is COc1cccc(-c2nc(Nc3ccncc3F)c3cc(N)cn3n2)n1. The molecular formula is C17H14FN7O. The van der Waals surface area contributed by atoms with Crippen LogP contribution < -0.4 is 15.8 Å². The first-order chi connectivity index (χ1) is 12.6. The number of aromatic nitrogens is 5. The molecule has 4 aromatic heterocycles. The van der Waals surface area contributed by atoms with Gasteiger partial charge in [-0.2, -0.15) is 0 Å². The van der Waals surface area contributed by atoms with Crippen LogP contribution in [0, 0.1) is 5.82 Å². The van der Waals surface area contributed by atoms with Gasteiger partial charge in [-0.15, -0.1) is 5.10 Å². The molecule has 0 aromatic carbocycles. The summed E-state index contributed by atoms with van der Waals surface area (Å²) in [6.07, 6.45) is 4.26. The van der Waals surface area contributed by atoms with Gasteiger partial charge in [0.05, 0.1) is 30.9 Å². The monoisotopic (exact) mass is 351 g/mol. The van der Waals surface area contributed by atoms with Gasteiger partial charge in [0.2, 0.25) is 11.7 Å². The Morgan fingerprint density at radius 3 is 2.92 bits per heavy atom. The molecule has 8 nitrogen and oxygen atoms in total. The highest BCUT2D eigenvalue weighted by atomic mass is 19.1. The third-order valence-corrected chi connectivity index (χ3v) is 3.67. The number of nitrogens with two attached hydrogens (primary N) is 1. The molecule has 0 atom stereocenters. The lowest BCUT2D eigenvalue weighted by atomic mass is 10.3. The largest absolute Gasteiger partial charge is 0.481 e. The van der Waals surface area contributed by atoms with Crippen LogP contribution in [0.3, 0.4) is 0 Å². The number of nitrogens with zero attached hydrogens (tertiary/aromatic N) is 5. The zero-order chi connectivity index (χ0) is 18.1. The standard InChI is InChI=1S/C17H14FN7O/c1-26-15-4-2-3-13(21-15)16-23-17(14-7-10(19)9-25(14)24-16)22-12-5-6-20-8-11(12)18/h2-9H,19H2,1H3,(H,20,22,23,24). The second kappa shape index (κ2) is 6.28. The van der Waals surface area contributed by atoms with Gasteiger partial charge in [0, 0.05) is 12.3 Å². The lowest BCUT2D eigenvalue weighted by Gasteiger charge is -2.10. The second-order valence-corrected chi connectivity index (χ2v) is 5.43. The zero-order valence-electron chi connectivity index (χ0n) is 13.7. The molecule has 130 valence electrons. The van der Waals surface area contributed by atoms with Crippen LogP contribution in [0.4, 0.5) is 21.6 Å². The van der Waals surface area contributed by atoms with Gasteiger partial charge in [-0.25, -0.2) is 18.9 Å². The molecule has 4 rings (SSSR count). The molecule has 9 heteroatoms. The average molecular weight is 351 g/mol. The van der Waals surface area contributed by atoms with Gasteiger partial charge in [0.1, 0.15) is 11.2 Å². The second-order valence-electron chi connectivity index (χ2n) is 5.43. The molecule has 4 aromatic rings. The lowest BCUT2D eigenvalue weighted by Crippen LogP contribution is -2.05. The molecule has 0 aliphatic carbocycles. The molecule has 4 heterocycles. The van der Waals surface area contributed by atoms with E-state index < -0.39 is 5.82 Å². The first-order valence-electron chi connectivity index (χ1n) is 7.68. The molecule has 0 aliphatic rings. The van der Waals surface area contributed by atoms with Crippen LogP contribution in [0.15, 0.2) is 48.9 Å². The van der Waals surface area contributed by atoms with Crippen LogP contribution >= 0.6 is 0 Å². The van der Waals surface area contributed by atoms with E-state index in [1.165, 1.54) is 19.4 Å². The zero-order valence-corrected chi connectivity index (χ0v) is 13.7. The van der Waals surface area contributed by atoms with Crippen LogP contribution in [-0.4, -0.2) is 31.7 Å². The normalized spacial score (nSPS) is 10.8. The fourth-order valence-corrected chi connectivity index (χ4v) is 2.48. The number of hydrogen-bond acceptors (Lipinski definition) is 7. The number of hydrogen-bond donors (Lipinski definition) is 2. The van der Waals surface area contributed by atoms with E-state index in [-0.39, 0.29) is 5.69 Å². The van der Waals surface area contributed by atoms with E-state index in [2.05, 4.69) is 25.4 Å². The molecule has 0 fully saturated rings. The summed E-state index contributed by atoms with van der Waals surface area (Å²) >= 11 is 0. The van der Waals surface area contributed by atoms with Gasteiger partial charge in [-0.3, -0.25) is 4.98 Å². The van der Waals surface area contributed by atoms with Gasteiger partial charge in [0.15, 0.2) is 11.6 Å². The highest BCUT2D eigenvalue weighted by molar-refractivity contribution is 5.77. The highest BCUT2D eigenvalue weighted by Crippen LogP contribution is 2.26. The molecule has 3 N–H and O–H groups in total. The summed E-state index contributed by atoms with van der Waals surface area (Å²) < 4.78 is 20.7. The van der Waals surface area contributed by atoms with E-state index in [9.17, 15) is 4.39 Å². The summed E-state index contributed by atoms with van der Waals surface area (Å²) in [6.45, 7) is 0. The maximum absolute atomic E-state index is 14.0. The van der Waals surface area contributed by atoms with Crippen LogP contribution in [0.2, 0.25) is 0 Å². The van der Waals surface area contributed by atoms with E-state index in [1.807, 2.05) is 0 Å². The Kier molecular flexibility index (Phi) is 3.81. The van der Waals surface area contributed by atoms with Crippen molar-refractivity contribution in [3.05, 3.63) is 54.7 Å². The van der Waals surface area contributed by atoms with E-state index in [0.29, 0.717) is 34.4 Å². The summed E-state index contributed by atoms with van der Waals surface area (Å²) in [4.78, 5) is 12.6. The van der Waals surface area contributed by atoms with Crippen molar-refractivity contribution >= 4 is 22.7 Å². The van der Waals surface area contributed by atoms with Crippen LogP contribution in [0.5, 0.6) is 5.88 Å². The number of rotatable bonds is 4. The number of halogens is 1. The van der Waals surface area contributed by atoms with E-state index >= 15 is 0 Å². The summed E-state index contributed by atoms with van der Waals surface area (Å²) in [5.41, 5.74) is 7.74. The maximum Gasteiger partial charge on any atom is 0.213 e. The molecule has 0 unspecified atom stereocenters. The van der Waals surface area contributed by atoms with Crippen LogP contribution in [-0.2, 0) is 0 Å². The van der Waals surface area contributed by atoms with Gasteiger partial charge in [0.25, 0.3) is 0 Å². The summed E-state index contributed by atoms with van der Waals surface area (Å²) in [6, 6.07) is 8.48. The average Bonchev–Trinajstić information content (AvgIpc) is 3.04. The van der Waals surface area contributed by atoms with Crippen LogP contribution in [0.1, 0.15) is 0 Å². The highest BCUT2D eigenvalue weighted by Gasteiger charge is 2.14. The Bertz CT molecular complexity index is 1100. The van der Waals surface area contributed by atoms with Crippen molar-refractivity contribution in [1.29, 1.82) is 0 Å². The fourth-order valence-electron chi connectivity index (χ4n) is 2.48. The number of anilines is 3. The number of nitrogen functional groups attached to an aromatic ring is 1. The number of pyridine rings is 2. The predicted molar refractivity (Wildman–Crippen MR) is 94.7 cm³/mol. The Morgan fingerprint density at radius 2 is 2.12 bits per heavy atom. The van der Waals surface area contributed by atoms with E-state index in [4.69, 9.17) is 10.5 Å². The van der Waals surface area contributed by atoms with E-state index in [0.717, 1.165) is 6.20 Å². The van der Waals surface area contributed by atoms with Crippen molar-refractivity contribution in [2.24, 2.45) is 0 Å². The Balaban J connectivity index is 1.86.